The minimum Gasteiger partial charge on any atom is -0.244 e. The molecular formula is C8H4Cl2F5N. The fourth-order valence-corrected chi connectivity index (χ4v) is 1.61. The zero-order chi connectivity index (χ0) is 12.5. The lowest BCUT2D eigenvalue weighted by Gasteiger charge is -2.16. The summed E-state index contributed by atoms with van der Waals surface area (Å²) in [7, 11) is 0. The molecule has 8 heteroatoms. The summed E-state index contributed by atoms with van der Waals surface area (Å²) in [6.45, 7) is 0. The highest BCUT2D eigenvalue weighted by molar-refractivity contribution is 6.30. The lowest BCUT2D eigenvalue weighted by Crippen LogP contribution is -2.14. The summed E-state index contributed by atoms with van der Waals surface area (Å²) in [5.41, 5.74) is -3.35. The van der Waals surface area contributed by atoms with Crippen LogP contribution in [0.2, 0.25) is 5.15 Å². The van der Waals surface area contributed by atoms with Gasteiger partial charge in [0.25, 0.3) is 6.43 Å². The maximum atomic E-state index is 12.6. The molecule has 1 aromatic heterocycles. The summed E-state index contributed by atoms with van der Waals surface area (Å²) < 4.78 is 62.6. The van der Waals surface area contributed by atoms with Crippen molar-refractivity contribution in [2.24, 2.45) is 0 Å². The maximum absolute atomic E-state index is 12.6. The molecule has 16 heavy (non-hydrogen) atoms. The molecule has 0 N–H and O–H groups in total. The van der Waals surface area contributed by atoms with Crippen molar-refractivity contribution in [1.29, 1.82) is 0 Å². The first kappa shape index (κ1) is 13.4. The van der Waals surface area contributed by atoms with E-state index in [1.807, 2.05) is 0 Å². The van der Waals surface area contributed by atoms with Crippen molar-refractivity contribution in [3.8, 4) is 0 Å². The normalized spacial score (nSPS) is 12.2. The van der Waals surface area contributed by atoms with Crippen molar-refractivity contribution in [3.05, 3.63) is 28.0 Å². The van der Waals surface area contributed by atoms with Gasteiger partial charge in [-0.2, -0.15) is 13.2 Å². The Balaban J connectivity index is 3.56. The molecule has 0 bridgehead atoms. The van der Waals surface area contributed by atoms with Crippen LogP contribution in [0, 0.1) is 0 Å². The Morgan fingerprint density at radius 2 is 1.88 bits per heavy atom. The minimum absolute atomic E-state index is 0.520. The van der Waals surface area contributed by atoms with Crippen LogP contribution in [0.1, 0.15) is 23.1 Å². The van der Waals surface area contributed by atoms with Crippen molar-refractivity contribution < 1.29 is 22.0 Å². The molecule has 0 radical (unpaired) electrons. The molecule has 0 saturated heterocycles. The van der Waals surface area contributed by atoms with Gasteiger partial charge < -0.3 is 0 Å². The van der Waals surface area contributed by atoms with Crippen molar-refractivity contribution in [2.45, 2.75) is 18.5 Å². The molecule has 1 nitrogen and oxygen atoms in total. The van der Waals surface area contributed by atoms with E-state index >= 15 is 0 Å². The van der Waals surface area contributed by atoms with Crippen LogP contribution in [0.5, 0.6) is 0 Å². The third-order valence-electron chi connectivity index (χ3n) is 1.79. The van der Waals surface area contributed by atoms with Gasteiger partial charge in [-0.15, -0.1) is 11.6 Å². The number of halogens is 7. The van der Waals surface area contributed by atoms with Gasteiger partial charge in [-0.3, -0.25) is 0 Å². The third-order valence-corrected chi connectivity index (χ3v) is 2.38. The Kier molecular flexibility index (Phi) is 3.96. The highest BCUT2D eigenvalue weighted by atomic mass is 35.5. The fourth-order valence-electron chi connectivity index (χ4n) is 1.18. The second kappa shape index (κ2) is 4.71. The topological polar surface area (TPSA) is 12.9 Å². The van der Waals surface area contributed by atoms with Crippen molar-refractivity contribution in [1.82, 2.24) is 4.98 Å². The smallest absolute Gasteiger partial charge is 0.244 e. The molecule has 0 spiro atoms. The van der Waals surface area contributed by atoms with Crippen LogP contribution in [-0.4, -0.2) is 4.98 Å². The predicted octanol–water partition coefficient (Wildman–Crippen LogP) is 4.43. The van der Waals surface area contributed by atoms with Gasteiger partial charge >= 0.3 is 6.18 Å². The lowest BCUT2D eigenvalue weighted by atomic mass is 10.1. The standard InChI is InChI=1S/C8H4Cl2F5N/c9-1-3-2-16-6(10)4(7(11)12)5(3)8(13,14)15/h2,7H,1H2. The summed E-state index contributed by atoms with van der Waals surface area (Å²) in [5.74, 6) is -0.571. The van der Waals surface area contributed by atoms with Crippen LogP contribution in [0.4, 0.5) is 22.0 Å². The predicted molar refractivity (Wildman–Crippen MR) is 48.8 cm³/mol. The fraction of sp³-hybridized carbons (Fsp3) is 0.375. The van der Waals surface area contributed by atoms with Gasteiger partial charge in [-0.25, -0.2) is 13.8 Å². The summed E-state index contributed by atoms with van der Waals surface area (Å²) in [5, 5.41) is -0.865. The molecule has 1 heterocycles. The number of aromatic nitrogens is 1. The first-order valence-corrected chi connectivity index (χ1v) is 4.78. The quantitative estimate of drug-likeness (QED) is 0.443. The molecule has 0 atom stereocenters. The molecule has 0 fully saturated rings. The van der Waals surface area contributed by atoms with E-state index in [1.54, 1.807) is 0 Å². The van der Waals surface area contributed by atoms with Crippen molar-refractivity contribution in [2.75, 3.05) is 0 Å². The summed E-state index contributed by atoms with van der Waals surface area (Å²) in [6.07, 6.45) is -7.56. The summed E-state index contributed by atoms with van der Waals surface area (Å²) in [6, 6.07) is 0. The van der Waals surface area contributed by atoms with E-state index in [2.05, 4.69) is 4.98 Å². The average Bonchev–Trinajstić information content (AvgIpc) is 2.15. The lowest BCUT2D eigenvalue weighted by molar-refractivity contribution is -0.140. The number of alkyl halides is 6. The van der Waals surface area contributed by atoms with Gasteiger partial charge in [-0.1, -0.05) is 11.6 Å². The van der Waals surface area contributed by atoms with Gasteiger partial charge in [0.2, 0.25) is 0 Å². The number of nitrogens with zero attached hydrogens (tertiary/aromatic N) is 1. The zero-order valence-corrected chi connectivity index (χ0v) is 8.97. The molecule has 0 aliphatic heterocycles. The third kappa shape index (κ3) is 2.55. The molecule has 0 aliphatic carbocycles. The van der Waals surface area contributed by atoms with Gasteiger partial charge in [0, 0.05) is 12.1 Å². The van der Waals surface area contributed by atoms with E-state index < -0.39 is 40.3 Å². The van der Waals surface area contributed by atoms with Crippen LogP contribution in [0.15, 0.2) is 6.20 Å². The number of pyridine rings is 1. The molecule has 0 aromatic carbocycles. The molecule has 0 unspecified atom stereocenters. The van der Waals surface area contributed by atoms with Gasteiger partial charge in [0.05, 0.1) is 11.1 Å². The monoisotopic (exact) mass is 279 g/mol. The van der Waals surface area contributed by atoms with Gasteiger partial charge in [-0.05, 0) is 5.56 Å². The maximum Gasteiger partial charge on any atom is 0.417 e. The zero-order valence-electron chi connectivity index (χ0n) is 7.45. The summed E-state index contributed by atoms with van der Waals surface area (Å²) >= 11 is 10.5. The van der Waals surface area contributed by atoms with Gasteiger partial charge in [0.15, 0.2) is 0 Å². The Bertz CT molecular complexity index is 391. The van der Waals surface area contributed by atoms with Crippen molar-refractivity contribution in [3.63, 3.8) is 0 Å². The SMILES string of the molecule is FC(F)c1c(Cl)ncc(CCl)c1C(F)(F)F. The van der Waals surface area contributed by atoms with E-state index in [-0.39, 0.29) is 0 Å². The first-order chi connectivity index (χ1) is 7.29. The number of hydrogen-bond donors (Lipinski definition) is 0. The van der Waals surface area contributed by atoms with Crippen LogP contribution in [0.25, 0.3) is 0 Å². The first-order valence-electron chi connectivity index (χ1n) is 3.87. The van der Waals surface area contributed by atoms with Crippen LogP contribution in [-0.2, 0) is 12.1 Å². The second-order valence-corrected chi connectivity index (χ2v) is 3.42. The second-order valence-electron chi connectivity index (χ2n) is 2.80. The van der Waals surface area contributed by atoms with Crippen LogP contribution in [0.3, 0.4) is 0 Å². The molecular weight excluding hydrogens is 276 g/mol. The van der Waals surface area contributed by atoms with E-state index in [4.69, 9.17) is 23.2 Å². The molecule has 90 valence electrons. The minimum atomic E-state index is -4.94. The number of rotatable bonds is 2. The molecule has 1 aromatic rings. The molecule has 0 aliphatic rings. The Morgan fingerprint density at radius 1 is 1.31 bits per heavy atom. The number of hydrogen-bond acceptors (Lipinski definition) is 1. The van der Waals surface area contributed by atoms with Gasteiger partial charge in [0.1, 0.15) is 5.15 Å². The van der Waals surface area contributed by atoms with E-state index in [0.29, 0.717) is 0 Å². The van der Waals surface area contributed by atoms with E-state index in [1.165, 1.54) is 0 Å². The average molecular weight is 280 g/mol. The molecule has 0 saturated carbocycles. The Labute approximate surface area is 97.2 Å². The molecule has 1 rings (SSSR count). The Morgan fingerprint density at radius 3 is 2.25 bits per heavy atom. The van der Waals surface area contributed by atoms with E-state index in [9.17, 15) is 22.0 Å². The Hall–Kier alpha value is -0.620. The highest BCUT2D eigenvalue weighted by Gasteiger charge is 2.39. The van der Waals surface area contributed by atoms with Crippen molar-refractivity contribution >= 4 is 23.2 Å². The molecule has 0 amide bonds. The van der Waals surface area contributed by atoms with Crippen LogP contribution < -0.4 is 0 Å². The largest absolute Gasteiger partial charge is 0.417 e. The highest BCUT2D eigenvalue weighted by Crippen LogP contribution is 2.41. The van der Waals surface area contributed by atoms with Crippen LogP contribution >= 0.6 is 23.2 Å². The summed E-state index contributed by atoms with van der Waals surface area (Å²) in [4.78, 5) is 3.25. The van der Waals surface area contributed by atoms with E-state index in [0.717, 1.165) is 6.20 Å².